The van der Waals surface area contributed by atoms with Crippen molar-refractivity contribution in [2.24, 2.45) is 11.7 Å². The van der Waals surface area contributed by atoms with Gasteiger partial charge in [-0.25, -0.2) is 0 Å². The minimum absolute atomic E-state index is 0.0732. The molecule has 1 atom stereocenters. The number of benzene rings is 1. The van der Waals surface area contributed by atoms with Crippen LogP contribution in [-0.2, 0) is 4.74 Å². The van der Waals surface area contributed by atoms with E-state index in [0.29, 0.717) is 16.7 Å². The molecule has 0 amide bonds. The van der Waals surface area contributed by atoms with E-state index in [-0.39, 0.29) is 12.8 Å². The Morgan fingerprint density at radius 1 is 1.17 bits per heavy atom. The molecule has 1 aromatic carbocycles. The van der Waals surface area contributed by atoms with Gasteiger partial charge in [0.25, 0.3) is 0 Å². The van der Waals surface area contributed by atoms with Gasteiger partial charge < -0.3 is 19.9 Å². The van der Waals surface area contributed by atoms with Crippen molar-refractivity contribution in [2.75, 3.05) is 20.0 Å². The Kier molecular flexibility index (Phi) is 3.33. The molecule has 5 heteroatoms. The maximum atomic E-state index is 6.33. The number of nitrogens with two attached hydrogens (primary N) is 1. The van der Waals surface area contributed by atoms with Gasteiger partial charge in [-0.2, -0.15) is 0 Å². The van der Waals surface area contributed by atoms with E-state index < -0.39 is 0 Å². The van der Waals surface area contributed by atoms with Crippen molar-refractivity contribution in [1.29, 1.82) is 0 Å². The highest BCUT2D eigenvalue weighted by molar-refractivity contribution is 6.31. The molecule has 4 nitrogen and oxygen atoms in total. The van der Waals surface area contributed by atoms with Crippen molar-refractivity contribution in [3.05, 3.63) is 22.7 Å². The lowest BCUT2D eigenvalue weighted by Crippen LogP contribution is -2.27. The van der Waals surface area contributed by atoms with E-state index in [9.17, 15) is 0 Å². The van der Waals surface area contributed by atoms with Gasteiger partial charge >= 0.3 is 0 Å². The van der Waals surface area contributed by atoms with Gasteiger partial charge in [-0.1, -0.05) is 11.6 Å². The minimum atomic E-state index is -0.0732. The van der Waals surface area contributed by atoms with Crippen LogP contribution in [-0.4, -0.2) is 20.0 Å². The molecule has 0 aliphatic carbocycles. The lowest BCUT2D eigenvalue weighted by molar-refractivity contribution is 0.0583. The summed E-state index contributed by atoms with van der Waals surface area (Å²) in [6, 6.07) is 3.62. The van der Waals surface area contributed by atoms with Crippen molar-refractivity contribution in [1.82, 2.24) is 0 Å². The number of hydrogen-bond donors (Lipinski definition) is 1. The normalized spacial score (nSPS) is 21.0. The molecular weight excluding hydrogens is 254 g/mol. The van der Waals surface area contributed by atoms with E-state index in [4.69, 9.17) is 31.5 Å². The Labute approximate surface area is 111 Å². The zero-order valence-corrected chi connectivity index (χ0v) is 10.8. The number of ether oxygens (including phenoxy) is 3. The van der Waals surface area contributed by atoms with Crippen LogP contribution in [0.5, 0.6) is 11.5 Å². The summed E-state index contributed by atoms with van der Waals surface area (Å²) in [5.41, 5.74) is 7.27. The molecule has 3 rings (SSSR count). The molecule has 1 aromatic rings. The van der Waals surface area contributed by atoms with Crippen LogP contribution in [0.2, 0.25) is 5.02 Å². The molecule has 2 aliphatic heterocycles. The van der Waals surface area contributed by atoms with Gasteiger partial charge in [0.1, 0.15) is 0 Å². The second-order valence-electron chi connectivity index (χ2n) is 4.70. The molecule has 0 spiro atoms. The zero-order valence-electron chi connectivity index (χ0n) is 10.0. The van der Waals surface area contributed by atoms with Gasteiger partial charge in [-0.3, -0.25) is 0 Å². The molecular formula is C13H16ClNO3. The maximum absolute atomic E-state index is 6.33. The van der Waals surface area contributed by atoms with Crippen molar-refractivity contribution in [3.63, 3.8) is 0 Å². The average Bonchev–Trinajstić information content (AvgIpc) is 2.85. The minimum Gasteiger partial charge on any atom is -0.454 e. The standard InChI is InChI=1S/C13H16ClNO3/c14-10-6-12-11(17-7-18-12)5-9(10)13(15)8-1-3-16-4-2-8/h5-6,8,13H,1-4,7,15H2/t13-/m1/s1. The molecule has 0 aromatic heterocycles. The van der Waals surface area contributed by atoms with Crippen LogP contribution >= 0.6 is 11.6 Å². The third kappa shape index (κ3) is 2.16. The van der Waals surface area contributed by atoms with Crippen molar-refractivity contribution >= 4 is 11.6 Å². The molecule has 0 radical (unpaired) electrons. The summed E-state index contributed by atoms with van der Waals surface area (Å²) >= 11 is 6.28. The number of hydrogen-bond acceptors (Lipinski definition) is 4. The summed E-state index contributed by atoms with van der Waals surface area (Å²) in [7, 11) is 0. The summed E-state index contributed by atoms with van der Waals surface area (Å²) in [6.07, 6.45) is 1.96. The largest absolute Gasteiger partial charge is 0.454 e. The summed E-state index contributed by atoms with van der Waals surface area (Å²) in [6.45, 7) is 1.81. The second-order valence-corrected chi connectivity index (χ2v) is 5.11. The van der Waals surface area contributed by atoms with Gasteiger partial charge in [-0.05, 0) is 30.4 Å². The molecule has 98 valence electrons. The highest BCUT2D eigenvalue weighted by Gasteiger charge is 2.26. The van der Waals surface area contributed by atoms with Gasteiger partial charge in [0, 0.05) is 30.3 Å². The van der Waals surface area contributed by atoms with Crippen LogP contribution in [0.4, 0.5) is 0 Å². The predicted molar refractivity (Wildman–Crippen MR) is 68.0 cm³/mol. The first-order chi connectivity index (χ1) is 8.75. The molecule has 0 bridgehead atoms. The smallest absolute Gasteiger partial charge is 0.231 e. The quantitative estimate of drug-likeness (QED) is 0.896. The SMILES string of the molecule is N[C@@H](c1cc2c(cc1Cl)OCO2)C1CCOCC1. The van der Waals surface area contributed by atoms with E-state index in [2.05, 4.69) is 0 Å². The third-order valence-electron chi connectivity index (χ3n) is 3.62. The van der Waals surface area contributed by atoms with Crippen LogP contribution < -0.4 is 15.2 Å². The third-order valence-corrected chi connectivity index (χ3v) is 3.95. The highest BCUT2D eigenvalue weighted by Crippen LogP contribution is 2.41. The molecule has 18 heavy (non-hydrogen) atoms. The maximum Gasteiger partial charge on any atom is 0.231 e. The molecule has 2 N–H and O–H groups in total. The van der Waals surface area contributed by atoms with Gasteiger partial charge in [0.05, 0.1) is 0 Å². The lowest BCUT2D eigenvalue weighted by atomic mass is 9.87. The summed E-state index contributed by atoms with van der Waals surface area (Å²) in [5, 5.41) is 0.651. The van der Waals surface area contributed by atoms with Gasteiger partial charge in [0.15, 0.2) is 11.5 Å². The van der Waals surface area contributed by atoms with Gasteiger partial charge in [-0.15, -0.1) is 0 Å². The van der Waals surface area contributed by atoms with Gasteiger partial charge in [0.2, 0.25) is 6.79 Å². The topological polar surface area (TPSA) is 53.7 Å². The molecule has 0 unspecified atom stereocenters. The highest BCUT2D eigenvalue weighted by atomic mass is 35.5. The first kappa shape index (κ1) is 12.1. The molecule has 0 saturated carbocycles. The van der Waals surface area contributed by atoms with Crippen molar-refractivity contribution in [3.8, 4) is 11.5 Å². The fraction of sp³-hybridized carbons (Fsp3) is 0.538. The van der Waals surface area contributed by atoms with E-state index >= 15 is 0 Å². The molecule has 1 saturated heterocycles. The molecule has 2 aliphatic rings. The Morgan fingerprint density at radius 2 is 1.83 bits per heavy atom. The summed E-state index contributed by atoms with van der Waals surface area (Å²) < 4.78 is 16.0. The Morgan fingerprint density at radius 3 is 2.56 bits per heavy atom. The van der Waals surface area contributed by atoms with Crippen molar-refractivity contribution < 1.29 is 14.2 Å². The van der Waals surface area contributed by atoms with E-state index in [1.54, 1.807) is 6.07 Å². The first-order valence-corrected chi connectivity index (χ1v) is 6.56. The Hall–Kier alpha value is -0.970. The zero-order chi connectivity index (χ0) is 12.5. The Bertz CT molecular complexity index is 446. The van der Waals surface area contributed by atoms with Crippen LogP contribution in [0.1, 0.15) is 24.4 Å². The summed E-state index contributed by atoms with van der Waals surface area (Å²) in [4.78, 5) is 0. The molecule has 2 heterocycles. The first-order valence-electron chi connectivity index (χ1n) is 6.18. The monoisotopic (exact) mass is 269 g/mol. The van der Waals surface area contributed by atoms with E-state index in [0.717, 1.165) is 37.4 Å². The van der Waals surface area contributed by atoms with Crippen LogP contribution in [0.25, 0.3) is 0 Å². The molecule has 1 fully saturated rings. The fourth-order valence-electron chi connectivity index (χ4n) is 2.52. The number of halogens is 1. The van der Waals surface area contributed by atoms with E-state index in [1.807, 2.05) is 6.07 Å². The summed E-state index contributed by atoms with van der Waals surface area (Å²) in [5.74, 6) is 1.84. The second kappa shape index (κ2) is 4.96. The number of rotatable bonds is 2. The Balaban J connectivity index is 1.86. The number of fused-ring (bicyclic) bond motifs is 1. The predicted octanol–water partition coefficient (Wildman–Crippen LogP) is 2.50. The van der Waals surface area contributed by atoms with Crippen LogP contribution in [0.3, 0.4) is 0 Å². The lowest BCUT2D eigenvalue weighted by Gasteiger charge is -2.28. The van der Waals surface area contributed by atoms with Crippen LogP contribution in [0, 0.1) is 5.92 Å². The van der Waals surface area contributed by atoms with Crippen molar-refractivity contribution in [2.45, 2.75) is 18.9 Å². The average molecular weight is 270 g/mol. The van der Waals surface area contributed by atoms with Crippen LogP contribution in [0.15, 0.2) is 12.1 Å². The van der Waals surface area contributed by atoms with E-state index in [1.165, 1.54) is 0 Å². The fourth-order valence-corrected chi connectivity index (χ4v) is 2.80.